The van der Waals surface area contributed by atoms with Gasteiger partial charge in [-0.15, -0.1) is 0 Å². The van der Waals surface area contributed by atoms with Crippen molar-refractivity contribution in [2.75, 3.05) is 0 Å². The zero-order valence-corrected chi connectivity index (χ0v) is 10.4. The predicted octanol–water partition coefficient (Wildman–Crippen LogP) is 5.03. The highest BCUT2D eigenvalue weighted by Crippen LogP contribution is 2.42. The zero-order chi connectivity index (χ0) is 11.6. The SMILES string of the molecule is CC1CCC[C@H](C2CCCC(F)(F)CC2)C1. The molecule has 0 radical (unpaired) electrons. The molecule has 0 aromatic carbocycles. The Balaban J connectivity index is 1.89. The monoisotopic (exact) mass is 230 g/mol. The minimum Gasteiger partial charge on any atom is -0.207 e. The first-order valence-corrected chi connectivity index (χ1v) is 6.95. The maximum atomic E-state index is 13.3. The molecule has 0 aromatic rings. The van der Waals surface area contributed by atoms with Gasteiger partial charge >= 0.3 is 0 Å². The van der Waals surface area contributed by atoms with Gasteiger partial charge in [-0.05, 0) is 43.4 Å². The highest BCUT2D eigenvalue weighted by Gasteiger charge is 2.35. The lowest BCUT2D eigenvalue weighted by atomic mass is 9.73. The van der Waals surface area contributed by atoms with Crippen LogP contribution in [0.2, 0.25) is 0 Å². The summed E-state index contributed by atoms with van der Waals surface area (Å²) in [7, 11) is 0. The van der Waals surface area contributed by atoms with Gasteiger partial charge in [-0.1, -0.05) is 26.2 Å². The minimum absolute atomic E-state index is 0.131. The normalized spacial score (nSPS) is 40.3. The Hall–Kier alpha value is -0.140. The molecule has 2 fully saturated rings. The van der Waals surface area contributed by atoms with E-state index in [1.165, 1.54) is 25.7 Å². The fourth-order valence-corrected chi connectivity index (χ4v) is 3.67. The van der Waals surface area contributed by atoms with Crippen molar-refractivity contribution in [1.82, 2.24) is 0 Å². The third-order valence-electron chi connectivity index (χ3n) is 4.64. The standard InChI is InChI=1S/C14H24F2/c1-11-4-2-5-13(10-11)12-6-3-8-14(15,16)9-7-12/h11-13H,2-10H2,1H3/t11?,12?,13-/m0/s1. The Morgan fingerprint density at radius 3 is 2.38 bits per heavy atom. The first-order chi connectivity index (χ1) is 7.57. The molecule has 0 N–H and O–H groups in total. The Morgan fingerprint density at radius 2 is 1.62 bits per heavy atom. The first-order valence-electron chi connectivity index (χ1n) is 6.95. The molecule has 2 aliphatic rings. The Bertz CT molecular complexity index is 225. The van der Waals surface area contributed by atoms with E-state index in [1.807, 2.05) is 0 Å². The van der Waals surface area contributed by atoms with Crippen LogP contribution in [0.5, 0.6) is 0 Å². The molecule has 2 unspecified atom stereocenters. The van der Waals surface area contributed by atoms with E-state index in [-0.39, 0.29) is 12.8 Å². The van der Waals surface area contributed by atoms with E-state index >= 15 is 0 Å². The summed E-state index contributed by atoms with van der Waals surface area (Å²) in [6.45, 7) is 2.32. The van der Waals surface area contributed by atoms with Gasteiger partial charge in [0.15, 0.2) is 0 Å². The van der Waals surface area contributed by atoms with Gasteiger partial charge in [-0.2, -0.15) is 0 Å². The molecule has 0 aliphatic heterocycles. The Labute approximate surface area is 97.8 Å². The Kier molecular flexibility index (Phi) is 3.86. The van der Waals surface area contributed by atoms with Crippen LogP contribution in [0, 0.1) is 17.8 Å². The lowest BCUT2D eigenvalue weighted by Gasteiger charge is -2.32. The molecule has 3 atom stereocenters. The van der Waals surface area contributed by atoms with Crippen LogP contribution >= 0.6 is 0 Å². The van der Waals surface area contributed by atoms with Crippen molar-refractivity contribution < 1.29 is 8.78 Å². The van der Waals surface area contributed by atoms with Crippen LogP contribution < -0.4 is 0 Å². The molecular formula is C14H24F2. The first kappa shape index (κ1) is 12.3. The number of halogens is 2. The lowest BCUT2D eigenvalue weighted by Crippen LogP contribution is -2.22. The van der Waals surface area contributed by atoms with Crippen molar-refractivity contribution in [2.24, 2.45) is 17.8 Å². The molecule has 2 aliphatic carbocycles. The van der Waals surface area contributed by atoms with E-state index in [4.69, 9.17) is 0 Å². The molecule has 0 heterocycles. The third-order valence-corrected chi connectivity index (χ3v) is 4.64. The second-order valence-electron chi connectivity index (χ2n) is 6.08. The molecule has 0 spiro atoms. The van der Waals surface area contributed by atoms with Crippen LogP contribution in [0.25, 0.3) is 0 Å². The predicted molar refractivity (Wildman–Crippen MR) is 62.6 cm³/mol. The fraction of sp³-hybridized carbons (Fsp3) is 1.00. The van der Waals surface area contributed by atoms with Gasteiger partial charge < -0.3 is 0 Å². The van der Waals surface area contributed by atoms with Crippen molar-refractivity contribution >= 4 is 0 Å². The number of hydrogen-bond donors (Lipinski definition) is 0. The van der Waals surface area contributed by atoms with Crippen molar-refractivity contribution in [1.29, 1.82) is 0 Å². The second-order valence-corrected chi connectivity index (χ2v) is 6.08. The van der Waals surface area contributed by atoms with Gasteiger partial charge in [0, 0.05) is 12.8 Å². The summed E-state index contributed by atoms with van der Waals surface area (Å²) >= 11 is 0. The van der Waals surface area contributed by atoms with Gasteiger partial charge in [-0.25, -0.2) is 8.78 Å². The van der Waals surface area contributed by atoms with E-state index in [2.05, 4.69) is 6.92 Å². The van der Waals surface area contributed by atoms with Crippen LogP contribution in [0.4, 0.5) is 8.78 Å². The zero-order valence-electron chi connectivity index (χ0n) is 10.4. The quantitative estimate of drug-likeness (QED) is 0.554. The largest absolute Gasteiger partial charge is 0.248 e. The average Bonchev–Trinajstić information content (AvgIpc) is 2.39. The van der Waals surface area contributed by atoms with E-state index in [0.29, 0.717) is 5.92 Å². The smallest absolute Gasteiger partial charge is 0.207 e. The molecule has 0 nitrogen and oxygen atoms in total. The number of hydrogen-bond acceptors (Lipinski definition) is 0. The maximum absolute atomic E-state index is 13.3. The van der Waals surface area contributed by atoms with Crippen LogP contribution in [-0.4, -0.2) is 5.92 Å². The summed E-state index contributed by atoms with van der Waals surface area (Å²) in [5, 5.41) is 0. The topological polar surface area (TPSA) is 0 Å². The molecule has 94 valence electrons. The summed E-state index contributed by atoms with van der Waals surface area (Å²) in [4.78, 5) is 0. The van der Waals surface area contributed by atoms with Crippen molar-refractivity contribution in [3.05, 3.63) is 0 Å². The minimum atomic E-state index is -2.37. The highest BCUT2D eigenvalue weighted by atomic mass is 19.3. The third kappa shape index (κ3) is 3.18. The number of rotatable bonds is 1. The summed E-state index contributed by atoms with van der Waals surface area (Å²) < 4.78 is 26.6. The van der Waals surface area contributed by atoms with E-state index in [9.17, 15) is 8.78 Å². The van der Waals surface area contributed by atoms with Gasteiger partial charge in [-0.3, -0.25) is 0 Å². The summed E-state index contributed by atoms with van der Waals surface area (Å²) in [5.41, 5.74) is 0. The van der Waals surface area contributed by atoms with Crippen molar-refractivity contribution in [3.63, 3.8) is 0 Å². The lowest BCUT2D eigenvalue weighted by molar-refractivity contribution is -0.0157. The molecule has 2 heteroatoms. The van der Waals surface area contributed by atoms with Crippen LogP contribution in [0.1, 0.15) is 64.7 Å². The van der Waals surface area contributed by atoms with E-state index in [1.54, 1.807) is 0 Å². The molecule has 0 bridgehead atoms. The van der Waals surface area contributed by atoms with Gasteiger partial charge in [0.2, 0.25) is 5.92 Å². The maximum Gasteiger partial charge on any atom is 0.248 e. The molecule has 0 saturated heterocycles. The van der Waals surface area contributed by atoms with Crippen LogP contribution in [-0.2, 0) is 0 Å². The summed E-state index contributed by atoms with van der Waals surface area (Å²) in [5.74, 6) is -0.203. The summed E-state index contributed by atoms with van der Waals surface area (Å²) in [6, 6.07) is 0. The molecule has 0 aromatic heterocycles. The molecular weight excluding hydrogens is 206 g/mol. The van der Waals surface area contributed by atoms with Crippen LogP contribution in [0.15, 0.2) is 0 Å². The fourth-order valence-electron chi connectivity index (χ4n) is 3.67. The van der Waals surface area contributed by atoms with Gasteiger partial charge in [0.1, 0.15) is 0 Å². The van der Waals surface area contributed by atoms with E-state index in [0.717, 1.165) is 31.1 Å². The van der Waals surface area contributed by atoms with E-state index < -0.39 is 5.92 Å². The average molecular weight is 230 g/mol. The second kappa shape index (κ2) is 5.01. The van der Waals surface area contributed by atoms with Crippen LogP contribution in [0.3, 0.4) is 0 Å². The Morgan fingerprint density at radius 1 is 0.875 bits per heavy atom. The highest BCUT2D eigenvalue weighted by molar-refractivity contribution is 4.82. The van der Waals surface area contributed by atoms with Gasteiger partial charge in [0.25, 0.3) is 0 Å². The summed E-state index contributed by atoms with van der Waals surface area (Å²) in [6.07, 6.45) is 8.07. The van der Waals surface area contributed by atoms with Gasteiger partial charge in [0.05, 0.1) is 0 Å². The molecule has 2 saturated carbocycles. The number of alkyl halides is 2. The van der Waals surface area contributed by atoms with Crippen molar-refractivity contribution in [2.45, 2.75) is 70.6 Å². The molecule has 0 amide bonds. The van der Waals surface area contributed by atoms with Crippen molar-refractivity contribution in [3.8, 4) is 0 Å². The molecule has 2 rings (SSSR count). The molecule has 16 heavy (non-hydrogen) atoms.